The molecule has 7 nitrogen and oxygen atoms in total. The number of rotatable bonds is 4. The number of benzene rings is 1. The number of pyridine rings is 1. The van der Waals surface area contributed by atoms with E-state index in [1.165, 1.54) is 0 Å². The fourth-order valence-corrected chi connectivity index (χ4v) is 3.60. The number of para-hydroxylation sites is 2. The largest absolute Gasteiger partial charge is 0.259 e. The summed E-state index contributed by atoms with van der Waals surface area (Å²) in [6.07, 6.45) is 1.73. The number of aromatic nitrogens is 7. The molecule has 9 heteroatoms. The van der Waals surface area contributed by atoms with Crippen molar-refractivity contribution in [2.45, 2.75) is 10.9 Å². The van der Waals surface area contributed by atoms with Gasteiger partial charge in [-0.05, 0) is 34.7 Å². The molecule has 0 bridgehead atoms. The van der Waals surface area contributed by atoms with Gasteiger partial charge in [0.2, 0.25) is 0 Å². The fourth-order valence-electron chi connectivity index (χ4n) is 2.37. The minimum Gasteiger partial charge on any atom is -0.259 e. The molecular formula is C15H12ClN7S. The maximum Gasteiger partial charge on any atom is 0.256 e. The molecule has 24 heavy (non-hydrogen) atoms. The molecule has 0 atom stereocenters. The van der Waals surface area contributed by atoms with Crippen molar-refractivity contribution < 1.29 is 0 Å². The highest BCUT2D eigenvalue weighted by molar-refractivity contribution is 7.98. The number of halogens is 1. The van der Waals surface area contributed by atoms with E-state index in [9.17, 15) is 0 Å². The Labute approximate surface area is 146 Å². The number of imidazole rings is 1. The molecule has 0 fully saturated rings. The third-order valence-corrected chi connectivity index (χ3v) is 4.79. The molecule has 4 aromatic rings. The van der Waals surface area contributed by atoms with Crippen molar-refractivity contribution in [3.05, 3.63) is 53.3 Å². The topological polar surface area (TPSA) is 74.3 Å². The van der Waals surface area contributed by atoms with Gasteiger partial charge in [-0.15, -0.1) is 0 Å². The Morgan fingerprint density at radius 3 is 2.83 bits per heavy atom. The van der Waals surface area contributed by atoms with E-state index >= 15 is 0 Å². The molecule has 3 heterocycles. The number of thioether (sulfide) groups is 1. The third-order valence-electron chi connectivity index (χ3n) is 3.50. The highest BCUT2D eigenvalue weighted by Crippen LogP contribution is 2.29. The summed E-state index contributed by atoms with van der Waals surface area (Å²) in [6, 6.07) is 11.5. The Bertz CT molecular complexity index is 1010. The van der Waals surface area contributed by atoms with E-state index in [0.717, 1.165) is 21.9 Å². The first kappa shape index (κ1) is 15.1. The lowest BCUT2D eigenvalue weighted by molar-refractivity contribution is 0.682. The van der Waals surface area contributed by atoms with Gasteiger partial charge < -0.3 is 0 Å². The van der Waals surface area contributed by atoms with Crippen LogP contribution in [0.25, 0.3) is 17.0 Å². The zero-order valence-electron chi connectivity index (χ0n) is 12.7. The van der Waals surface area contributed by atoms with E-state index in [-0.39, 0.29) is 0 Å². The molecule has 1 aromatic carbocycles. The van der Waals surface area contributed by atoms with Gasteiger partial charge in [-0.3, -0.25) is 9.55 Å². The van der Waals surface area contributed by atoms with Crippen LogP contribution >= 0.6 is 23.4 Å². The molecule has 0 amide bonds. The lowest BCUT2D eigenvalue weighted by Crippen LogP contribution is -2.05. The number of hydrogen-bond acceptors (Lipinski definition) is 6. The van der Waals surface area contributed by atoms with E-state index < -0.39 is 0 Å². The molecule has 0 aliphatic carbocycles. The molecule has 0 saturated heterocycles. The number of tetrazole rings is 1. The predicted molar refractivity (Wildman–Crippen MR) is 92.2 cm³/mol. The second-order valence-electron chi connectivity index (χ2n) is 5.04. The summed E-state index contributed by atoms with van der Waals surface area (Å²) in [5, 5.41) is 13.2. The Hall–Kier alpha value is -2.45. The minimum absolute atomic E-state index is 0.605. The van der Waals surface area contributed by atoms with Gasteiger partial charge in [-0.1, -0.05) is 40.6 Å². The molecular weight excluding hydrogens is 346 g/mol. The van der Waals surface area contributed by atoms with Gasteiger partial charge in [-0.25, -0.2) is 9.67 Å². The molecule has 4 rings (SSSR count). The second-order valence-corrected chi connectivity index (χ2v) is 6.39. The Balaban J connectivity index is 1.78. The Morgan fingerprint density at radius 1 is 1.17 bits per heavy atom. The predicted octanol–water partition coefficient (Wildman–Crippen LogP) is 2.89. The molecule has 0 N–H and O–H groups in total. The summed E-state index contributed by atoms with van der Waals surface area (Å²) in [4.78, 5) is 9.02. The third kappa shape index (κ3) is 2.63. The minimum atomic E-state index is 0.605. The number of hydrogen-bond donors (Lipinski definition) is 0. The molecule has 3 aromatic heterocycles. The van der Waals surface area contributed by atoms with Crippen LogP contribution in [0.4, 0.5) is 0 Å². The molecule has 0 aliphatic heterocycles. The van der Waals surface area contributed by atoms with Gasteiger partial charge >= 0.3 is 0 Å². The van der Waals surface area contributed by atoms with Crippen LogP contribution in [-0.2, 0) is 12.8 Å². The summed E-state index contributed by atoms with van der Waals surface area (Å²) in [5.41, 5.74) is 2.65. The highest BCUT2D eigenvalue weighted by Gasteiger charge is 2.17. The van der Waals surface area contributed by atoms with E-state index in [1.54, 1.807) is 29.7 Å². The summed E-state index contributed by atoms with van der Waals surface area (Å²) >= 11 is 7.74. The summed E-state index contributed by atoms with van der Waals surface area (Å²) in [6.45, 7) is 0. The molecule has 120 valence electrons. The first-order valence-electron chi connectivity index (χ1n) is 7.16. The van der Waals surface area contributed by atoms with Crippen LogP contribution in [0.15, 0.2) is 47.8 Å². The monoisotopic (exact) mass is 357 g/mol. The summed E-state index contributed by atoms with van der Waals surface area (Å²) in [5.74, 6) is 1.21. The van der Waals surface area contributed by atoms with Gasteiger partial charge in [0, 0.05) is 19.0 Å². The van der Waals surface area contributed by atoms with E-state index in [1.807, 2.05) is 41.0 Å². The zero-order chi connectivity index (χ0) is 16.5. The number of fused-ring (bicyclic) bond motifs is 1. The van der Waals surface area contributed by atoms with Crippen LogP contribution in [0.3, 0.4) is 0 Å². The van der Waals surface area contributed by atoms with Gasteiger partial charge in [0.15, 0.2) is 5.16 Å². The van der Waals surface area contributed by atoms with E-state index in [4.69, 9.17) is 16.6 Å². The Kier molecular flexibility index (Phi) is 3.91. The van der Waals surface area contributed by atoms with Crippen LogP contribution in [0.2, 0.25) is 5.02 Å². The second kappa shape index (κ2) is 6.21. The molecule has 0 radical (unpaired) electrons. The van der Waals surface area contributed by atoms with Crippen LogP contribution in [0.1, 0.15) is 5.69 Å². The quantitative estimate of drug-likeness (QED) is 0.523. The molecule has 0 spiro atoms. The average molecular weight is 358 g/mol. The maximum atomic E-state index is 6.19. The first-order valence-corrected chi connectivity index (χ1v) is 8.53. The van der Waals surface area contributed by atoms with E-state index in [2.05, 4.69) is 20.5 Å². The van der Waals surface area contributed by atoms with Crippen molar-refractivity contribution >= 4 is 34.4 Å². The highest BCUT2D eigenvalue weighted by atomic mass is 35.5. The van der Waals surface area contributed by atoms with Crippen molar-refractivity contribution in [3.63, 3.8) is 0 Å². The number of nitrogens with zero attached hydrogens (tertiary/aromatic N) is 7. The van der Waals surface area contributed by atoms with Crippen LogP contribution in [-0.4, -0.2) is 34.7 Å². The standard InChI is InChI=1S/C15H12ClN7S/c1-22-14(19-20-21-22)23-13-7-3-2-6-11(13)18-15(23)24-9-12-10(16)5-4-8-17-12/h2-8H,9H2,1H3. The van der Waals surface area contributed by atoms with Crippen LogP contribution in [0, 0.1) is 0 Å². The smallest absolute Gasteiger partial charge is 0.256 e. The fraction of sp³-hybridized carbons (Fsp3) is 0.133. The van der Waals surface area contributed by atoms with Gasteiger partial charge in [0.1, 0.15) is 0 Å². The normalized spacial score (nSPS) is 11.2. The number of aryl methyl sites for hydroxylation is 1. The molecule has 0 unspecified atom stereocenters. The maximum absolute atomic E-state index is 6.19. The van der Waals surface area contributed by atoms with Gasteiger partial charge in [0.05, 0.1) is 21.7 Å². The molecule has 0 saturated carbocycles. The van der Waals surface area contributed by atoms with Crippen molar-refractivity contribution in [1.29, 1.82) is 0 Å². The molecule has 0 aliphatic rings. The van der Waals surface area contributed by atoms with Gasteiger partial charge in [0.25, 0.3) is 5.95 Å². The Morgan fingerprint density at radius 2 is 2.04 bits per heavy atom. The summed E-state index contributed by atoms with van der Waals surface area (Å²) in [7, 11) is 1.80. The van der Waals surface area contributed by atoms with Crippen molar-refractivity contribution in [2.24, 2.45) is 7.05 Å². The summed E-state index contributed by atoms with van der Waals surface area (Å²) < 4.78 is 3.56. The van der Waals surface area contributed by atoms with Crippen molar-refractivity contribution in [3.8, 4) is 5.95 Å². The average Bonchev–Trinajstić information content (AvgIpc) is 3.16. The first-order chi connectivity index (χ1) is 11.7. The van der Waals surface area contributed by atoms with Crippen LogP contribution in [0.5, 0.6) is 0 Å². The van der Waals surface area contributed by atoms with Crippen LogP contribution < -0.4 is 0 Å². The van der Waals surface area contributed by atoms with Crippen molar-refractivity contribution in [1.82, 2.24) is 34.7 Å². The van der Waals surface area contributed by atoms with Gasteiger partial charge in [-0.2, -0.15) is 0 Å². The SMILES string of the molecule is Cn1nnnc1-n1c(SCc2ncccc2Cl)nc2ccccc21. The lowest BCUT2D eigenvalue weighted by atomic mass is 10.3. The van der Waals surface area contributed by atoms with E-state index in [0.29, 0.717) is 16.7 Å². The van der Waals surface area contributed by atoms with Crippen molar-refractivity contribution in [2.75, 3.05) is 0 Å². The zero-order valence-corrected chi connectivity index (χ0v) is 14.2. The lowest BCUT2D eigenvalue weighted by Gasteiger charge is -2.07.